The smallest absolute Gasteiger partial charge is 0.0390 e. The fraction of sp³-hybridized carbons (Fsp3) is 0.600. The fourth-order valence-corrected chi connectivity index (χ4v) is 4.08. The van der Waals surface area contributed by atoms with E-state index >= 15 is 0 Å². The quantitative estimate of drug-likeness (QED) is 0.735. The Morgan fingerprint density at radius 2 is 1.81 bits per heavy atom. The molecule has 0 amide bonds. The molecule has 0 saturated carbocycles. The molecule has 0 unspecified atom stereocenters. The zero-order valence-corrected chi connectivity index (χ0v) is 14.1. The number of hydrogen-bond acceptors (Lipinski definition) is 1. The van der Waals surface area contributed by atoms with Crippen LogP contribution in [0.2, 0.25) is 0 Å². The van der Waals surface area contributed by atoms with Crippen LogP contribution in [0.1, 0.15) is 70.5 Å². The van der Waals surface area contributed by atoms with E-state index in [-0.39, 0.29) is 5.54 Å². The Kier molecular flexibility index (Phi) is 3.73. The molecular formula is C20H29N. The third-order valence-electron chi connectivity index (χ3n) is 5.76. The molecule has 114 valence electrons. The van der Waals surface area contributed by atoms with E-state index in [0.29, 0.717) is 17.9 Å². The number of nitrogens with one attached hydrogen (secondary N) is 1. The van der Waals surface area contributed by atoms with E-state index in [1.54, 1.807) is 5.57 Å². The van der Waals surface area contributed by atoms with Crippen molar-refractivity contribution in [2.45, 2.75) is 65.0 Å². The summed E-state index contributed by atoms with van der Waals surface area (Å²) in [5.74, 6) is 2.05. The topological polar surface area (TPSA) is 12.0 Å². The maximum Gasteiger partial charge on any atom is 0.0390 e. The van der Waals surface area contributed by atoms with E-state index in [1.807, 2.05) is 0 Å². The lowest BCUT2D eigenvalue weighted by Crippen LogP contribution is -2.55. The number of benzene rings is 1. The average molecular weight is 283 g/mol. The largest absolute Gasteiger partial charge is 0.304 e. The van der Waals surface area contributed by atoms with Crippen LogP contribution in [0.4, 0.5) is 0 Å². The SMILES string of the molecule is CC1=CC[C@@H]2C[C@H]1[C@H](c1ccc(C(C)C)cc1)NC2(C)C. The van der Waals surface area contributed by atoms with Gasteiger partial charge in [0.15, 0.2) is 0 Å². The van der Waals surface area contributed by atoms with E-state index in [0.717, 1.165) is 5.92 Å². The maximum atomic E-state index is 3.95. The molecule has 1 aromatic rings. The first-order valence-corrected chi connectivity index (χ1v) is 8.42. The second kappa shape index (κ2) is 5.28. The lowest BCUT2D eigenvalue weighted by molar-refractivity contribution is 0.109. The molecule has 1 heteroatoms. The molecule has 1 aliphatic heterocycles. The minimum atomic E-state index is 0.231. The van der Waals surface area contributed by atoms with Crippen LogP contribution >= 0.6 is 0 Å². The van der Waals surface area contributed by atoms with Crippen molar-refractivity contribution in [1.29, 1.82) is 0 Å². The molecule has 1 aromatic carbocycles. The summed E-state index contributed by atoms with van der Waals surface area (Å²) in [5, 5.41) is 3.95. The standard InChI is InChI=1S/C20H29N/c1-13(2)15-7-9-16(10-8-15)19-18-12-17(11-6-14(18)3)20(4,5)21-19/h6-10,13,17-19,21H,11-12H2,1-5H3/t17-,18-,19+/m1/s1. The predicted molar refractivity (Wildman–Crippen MR) is 90.5 cm³/mol. The van der Waals surface area contributed by atoms with Crippen molar-refractivity contribution in [3.05, 3.63) is 47.0 Å². The second-order valence-corrected chi connectivity index (χ2v) is 7.89. The molecule has 0 aromatic heterocycles. The van der Waals surface area contributed by atoms with Crippen molar-refractivity contribution in [2.75, 3.05) is 0 Å². The highest BCUT2D eigenvalue weighted by atomic mass is 15.0. The minimum absolute atomic E-state index is 0.231. The minimum Gasteiger partial charge on any atom is -0.304 e. The lowest BCUT2D eigenvalue weighted by atomic mass is 9.65. The van der Waals surface area contributed by atoms with Crippen molar-refractivity contribution < 1.29 is 0 Å². The first-order valence-electron chi connectivity index (χ1n) is 8.42. The number of fused-ring (bicyclic) bond motifs is 2. The summed E-state index contributed by atoms with van der Waals surface area (Å²) < 4.78 is 0. The number of allylic oxidation sites excluding steroid dienone is 1. The van der Waals surface area contributed by atoms with Crippen molar-refractivity contribution in [1.82, 2.24) is 5.32 Å². The lowest BCUT2D eigenvalue weighted by Gasteiger charge is -2.50. The Morgan fingerprint density at radius 1 is 1.14 bits per heavy atom. The van der Waals surface area contributed by atoms with Gasteiger partial charge in [-0.15, -0.1) is 0 Å². The van der Waals surface area contributed by atoms with Gasteiger partial charge in [0, 0.05) is 11.6 Å². The Labute approximate surface area is 129 Å². The highest BCUT2D eigenvalue weighted by molar-refractivity contribution is 5.31. The molecule has 1 nitrogen and oxygen atoms in total. The van der Waals surface area contributed by atoms with E-state index in [2.05, 4.69) is 70.3 Å². The number of hydrogen-bond donors (Lipinski definition) is 1. The van der Waals surface area contributed by atoms with Crippen LogP contribution in [0, 0.1) is 11.8 Å². The summed E-state index contributed by atoms with van der Waals surface area (Å²) in [7, 11) is 0. The highest BCUT2D eigenvalue weighted by Gasteiger charge is 2.43. The van der Waals surface area contributed by atoms with Crippen LogP contribution in [-0.4, -0.2) is 5.54 Å². The zero-order valence-electron chi connectivity index (χ0n) is 14.1. The second-order valence-electron chi connectivity index (χ2n) is 7.89. The molecular weight excluding hydrogens is 254 g/mol. The number of piperidine rings is 1. The van der Waals surface area contributed by atoms with Crippen LogP contribution in [0.5, 0.6) is 0 Å². The molecule has 21 heavy (non-hydrogen) atoms. The van der Waals surface area contributed by atoms with Crippen LogP contribution in [0.3, 0.4) is 0 Å². The molecule has 1 N–H and O–H groups in total. The molecule has 1 aliphatic carbocycles. The monoisotopic (exact) mass is 283 g/mol. The van der Waals surface area contributed by atoms with Crippen LogP contribution in [0.15, 0.2) is 35.9 Å². The first-order chi connectivity index (χ1) is 9.88. The van der Waals surface area contributed by atoms with Gasteiger partial charge in [-0.3, -0.25) is 0 Å². The molecule has 3 atom stereocenters. The van der Waals surface area contributed by atoms with Crippen LogP contribution in [-0.2, 0) is 0 Å². The molecule has 1 fully saturated rings. The molecule has 1 heterocycles. The van der Waals surface area contributed by atoms with Gasteiger partial charge in [-0.2, -0.15) is 0 Å². The third kappa shape index (κ3) is 2.68. The Morgan fingerprint density at radius 3 is 2.43 bits per heavy atom. The number of rotatable bonds is 2. The molecule has 3 rings (SSSR count). The third-order valence-corrected chi connectivity index (χ3v) is 5.76. The highest BCUT2D eigenvalue weighted by Crippen LogP contribution is 2.47. The van der Waals surface area contributed by atoms with Crippen molar-refractivity contribution in [2.24, 2.45) is 11.8 Å². The van der Waals surface area contributed by atoms with E-state index in [9.17, 15) is 0 Å². The Hall–Kier alpha value is -1.08. The van der Waals surface area contributed by atoms with E-state index in [4.69, 9.17) is 0 Å². The molecule has 2 bridgehead atoms. The molecule has 0 spiro atoms. The molecule has 2 aliphatic rings. The molecule has 0 radical (unpaired) electrons. The van der Waals surface area contributed by atoms with Crippen molar-refractivity contribution >= 4 is 0 Å². The van der Waals surface area contributed by atoms with Crippen LogP contribution in [0.25, 0.3) is 0 Å². The van der Waals surface area contributed by atoms with Crippen molar-refractivity contribution in [3.8, 4) is 0 Å². The summed E-state index contributed by atoms with van der Waals surface area (Å²) in [5.41, 5.74) is 4.69. The van der Waals surface area contributed by atoms with Gasteiger partial charge in [0.1, 0.15) is 0 Å². The van der Waals surface area contributed by atoms with Gasteiger partial charge < -0.3 is 5.32 Å². The van der Waals surface area contributed by atoms with Gasteiger partial charge in [-0.1, -0.05) is 49.8 Å². The summed E-state index contributed by atoms with van der Waals surface area (Å²) >= 11 is 0. The summed E-state index contributed by atoms with van der Waals surface area (Å²) in [4.78, 5) is 0. The van der Waals surface area contributed by atoms with E-state index < -0.39 is 0 Å². The zero-order chi connectivity index (χ0) is 15.2. The summed E-state index contributed by atoms with van der Waals surface area (Å²) in [6.07, 6.45) is 5.05. The molecule has 1 saturated heterocycles. The van der Waals surface area contributed by atoms with Gasteiger partial charge >= 0.3 is 0 Å². The summed E-state index contributed by atoms with van der Waals surface area (Å²) in [6, 6.07) is 9.76. The van der Waals surface area contributed by atoms with Crippen LogP contribution < -0.4 is 5.32 Å². The summed E-state index contributed by atoms with van der Waals surface area (Å²) in [6.45, 7) is 11.6. The Bertz CT molecular complexity index is 535. The van der Waals surface area contributed by atoms with Crippen molar-refractivity contribution in [3.63, 3.8) is 0 Å². The average Bonchev–Trinajstić information content (AvgIpc) is 2.45. The van der Waals surface area contributed by atoms with Gasteiger partial charge in [-0.25, -0.2) is 0 Å². The van der Waals surface area contributed by atoms with Gasteiger partial charge in [0.05, 0.1) is 0 Å². The Balaban J connectivity index is 1.92. The fourth-order valence-electron chi connectivity index (χ4n) is 4.08. The van der Waals surface area contributed by atoms with Gasteiger partial charge in [0.2, 0.25) is 0 Å². The van der Waals surface area contributed by atoms with Gasteiger partial charge in [0.25, 0.3) is 0 Å². The predicted octanol–water partition coefficient (Wildman–Crippen LogP) is 5.21. The maximum absolute atomic E-state index is 3.95. The van der Waals surface area contributed by atoms with Gasteiger partial charge in [-0.05, 0) is 62.5 Å². The first kappa shape index (κ1) is 14.8. The van der Waals surface area contributed by atoms with E-state index in [1.165, 1.54) is 24.0 Å². The normalized spacial score (nSPS) is 31.1.